The van der Waals surface area contributed by atoms with Gasteiger partial charge in [-0.05, 0) is 78.4 Å². The van der Waals surface area contributed by atoms with E-state index in [9.17, 15) is 5.26 Å². The fraction of sp³-hybridized carbons (Fsp3) is 0. The molecule has 0 bridgehead atoms. The highest BCUT2D eigenvalue weighted by atomic mass is 15.0. The number of benzene rings is 10. The fourth-order valence-corrected chi connectivity index (χ4v) is 11.2. The summed E-state index contributed by atoms with van der Waals surface area (Å²) in [6, 6.07) is 79.2. The molecule has 0 N–H and O–H groups in total. The van der Waals surface area contributed by atoms with Crippen LogP contribution in [0.1, 0.15) is 5.56 Å². The van der Waals surface area contributed by atoms with Crippen LogP contribution in [0.2, 0.25) is 0 Å². The molecule has 10 aromatic carbocycles. The lowest BCUT2D eigenvalue weighted by Gasteiger charge is -2.23. The SMILES string of the molecule is [C-]#[N+]c1cc(-c2cc(C#N)c(-n3c4ccccc4c4ccccc43)cc2-n2c3ccccc3c3ccccc32)c(-n2c3ccccc3c3ccccc32)cc1-n1c2ccccc2c2ccccc21. The molecule has 0 radical (unpaired) electrons. The summed E-state index contributed by atoms with van der Waals surface area (Å²) >= 11 is 0. The van der Waals surface area contributed by atoms with Crippen molar-refractivity contribution in [1.82, 2.24) is 18.3 Å². The second-order valence-electron chi connectivity index (χ2n) is 17.4. The predicted octanol–water partition coefficient (Wildman–Crippen LogP) is 16.2. The van der Waals surface area contributed by atoms with E-state index < -0.39 is 0 Å². The van der Waals surface area contributed by atoms with Crippen molar-refractivity contribution in [2.24, 2.45) is 0 Å². The number of nitriles is 1. The van der Waals surface area contributed by atoms with Gasteiger partial charge < -0.3 is 18.3 Å². The minimum atomic E-state index is 0.495. The molecular formula is C62H36N6. The Labute approximate surface area is 390 Å². The first kappa shape index (κ1) is 37.7. The van der Waals surface area contributed by atoms with Gasteiger partial charge in [0.25, 0.3) is 0 Å². The Bertz CT molecular complexity index is 4030. The Morgan fingerprint density at radius 1 is 0.309 bits per heavy atom. The van der Waals surface area contributed by atoms with Crippen molar-refractivity contribution >= 4 is 92.9 Å². The van der Waals surface area contributed by atoms with Gasteiger partial charge in [0.2, 0.25) is 5.69 Å². The summed E-state index contributed by atoms with van der Waals surface area (Å²) in [6.45, 7) is 8.98. The number of hydrogen-bond donors (Lipinski definition) is 0. The molecule has 0 spiro atoms. The summed E-state index contributed by atoms with van der Waals surface area (Å²) in [5, 5.41) is 20.5. The molecule has 0 atom stereocenters. The Morgan fingerprint density at radius 2 is 0.559 bits per heavy atom. The highest BCUT2D eigenvalue weighted by Gasteiger charge is 2.27. The van der Waals surface area contributed by atoms with Crippen molar-refractivity contribution in [2.45, 2.75) is 0 Å². The van der Waals surface area contributed by atoms with Gasteiger partial charge in [-0.15, -0.1) is 0 Å². The number of nitrogens with zero attached hydrogens (tertiary/aromatic N) is 6. The molecule has 6 heteroatoms. The van der Waals surface area contributed by atoms with E-state index in [1.807, 2.05) is 0 Å². The second-order valence-corrected chi connectivity index (χ2v) is 17.4. The molecule has 0 saturated heterocycles. The van der Waals surface area contributed by atoms with Gasteiger partial charge in [0.15, 0.2) is 0 Å². The predicted molar refractivity (Wildman–Crippen MR) is 280 cm³/mol. The summed E-state index contributed by atoms with van der Waals surface area (Å²) in [5.41, 5.74) is 14.2. The van der Waals surface area contributed by atoms with E-state index in [1.165, 1.54) is 0 Å². The van der Waals surface area contributed by atoms with Crippen LogP contribution in [-0.4, -0.2) is 18.3 Å². The number of aromatic nitrogens is 4. The first-order valence-corrected chi connectivity index (χ1v) is 22.8. The number of para-hydroxylation sites is 8. The lowest BCUT2D eigenvalue weighted by Crippen LogP contribution is -2.06. The third-order valence-electron chi connectivity index (χ3n) is 14.0. The van der Waals surface area contributed by atoms with Crippen molar-refractivity contribution in [1.29, 1.82) is 5.26 Å². The Kier molecular flexibility index (Phi) is 8.01. The van der Waals surface area contributed by atoms with Gasteiger partial charge in [0.05, 0.1) is 79.0 Å². The first-order chi connectivity index (χ1) is 33.7. The van der Waals surface area contributed by atoms with E-state index in [2.05, 4.69) is 248 Å². The molecule has 0 unspecified atom stereocenters. The zero-order chi connectivity index (χ0) is 45.0. The summed E-state index contributed by atoms with van der Waals surface area (Å²) < 4.78 is 9.20. The Morgan fingerprint density at radius 3 is 0.853 bits per heavy atom. The molecule has 0 saturated carbocycles. The van der Waals surface area contributed by atoms with Crippen LogP contribution < -0.4 is 0 Å². The van der Waals surface area contributed by atoms with Gasteiger partial charge in [-0.25, -0.2) is 4.85 Å². The molecule has 6 nitrogen and oxygen atoms in total. The maximum absolute atomic E-state index is 11.5. The summed E-state index contributed by atoms with van der Waals surface area (Å²) in [5.74, 6) is 0. The Hall–Kier alpha value is -9.62. The molecule has 0 aliphatic heterocycles. The van der Waals surface area contributed by atoms with Crippen LogP contribution in [0.15, 0.2) is 218 Å². The minimum Gasteiger partial charge on any atom is -0.319 e. The van der Waals surface area contributed by atoms with Crippen LogP contribution >= 0.6 is 0 Å². The lowest BCUT2D eigenvalue weighted by molar-refractivity contribution is 1.12. The smallest absolute Gasteiger partial charge is 0.211 e. The minimum absolute atomic E-state index is 0.495. The summed E-state index contributed by atoms with van der Waals surface area (Å²) in [6.07, 6.45) is 0. The van der Waals surface area contributed by atoms with Gasteiger partial charge in [0, 0.05) is 48.7 Å². The van der Waals surface area contributed by atoms with Crippen LogP contribution in [-0.2, 0) is 0 Å². The topological polar surface area (TPSA) is 47.9 Å². The van der Waals surface area contributed by atoms with Crippen molar-refractivity contribution in [3.63, 3.8) is 0 Å². The summed E-state index contributed by atoms with van der Waals surface area (Å²) in [7, 11) is 0. The van der Waals surface area contributed by atoms with Crippen molar-refractivity contribution in [2.75, 3.05) is 0 Å². The van der Waals surface area contributed by atoms with E-state index in [0.29, 0.717) is 11.3 Å². The standard InChI is InChI=1S/C62H36N6/c1-64-50-35-49(61(67-55-30-14-6-22-44(55)45-23-7-15-31-56(45)67)37-62(50)68-57-32-16-8-24-46(57)47-25-9-17-33-58(47)68)48-34-39(38-63)59(65-51-26-10-2-18-40(51)41-19-3-11-27-52(41)65)36-60(48)66-53-28-12-4-20-42(53)43-21-5-13-29-54(43)66/h2-37H. The van der Waals surface area contributed by atoms with Gasteiger partial charge in [-0.2, -0.15) is 5.26 Å². The first-order valence-electron chi connectivity index (χ1n) is 22.8. The third-order valence-corrected chi connectivity index (χ3v) is 14.0. The van der Waals surface area contributed by atoms with E-state index in [4.69, 9.17) is 6.57 Å². The van der Waals surface area contributed by atoms with Crippen LogP contribution in [0.3, 0.4) is 0 Å². The normalized spacial score (nSPS) is 11.8. The number of fused-ring (bicyclic) bond motifs is 12. The maximum Gasteiger partial charge on any atom is 0.211 e. The van der Waals surface area contributed by atoms with Crippen LogP contribution in [0.25, 0.3) is 126 Å². The Balaban J connectivity index is 1.19. The van der Waals surface area contributed by atoms with Crippen molar-refractivity contribution in [3.05, 3.63) is 235 Å². The van der Waals surface area contributed by atoms with Crippen LogP contribution in [0, 0.1) is 17.9 Å². The zero-order valence-electron chi connectivity index (χ0n) is 36.5. The average molecular weight is 865 g/mol. The van der Waals surface area contributed by atoms with Crippen LogP contribution in [0.5, 0.6) is 0 Å². The molecule has 0 fully saturated rings. The molecule has 0 aliphatic carbocycles. The highest BCUT2D eigenvalue weighted by Crippen LogP contribution is 2.47. The van der Waals surface area contributed by atoms with E-state index in [1.54, 1.807) is 0 Å². The molecular weight excluding hydrogens is 829 g/mol. The van der Waals surface area contributed by atoms with Crippen molar-refractivity contribution in [3.8, 4) is 39.9 Å². The average Bonchev–Trinajstić information content (AvgIpc) is 4.13. The number of rotatable bonds is 5. The van der Waals surface area contributed by atoms with Crippen molar-refractivity contribution < 1.29 is 0 Å². The van der Waals surface area contributed by atoms with E-state index in [-0.39, 0.29) is 0 Å². The zero-order valence-corrected chi connectivity index (χ0v) is 36.5. The third kappa shape index (κ3) is 5.20. The lowest BCUT2D eigenvalue weighted by atomic mass is 9.96. The molecule has 14 rings (SSSR count). The van der Waals surface area contributed by atoms with Gasteiger partial charge in [0.1, 0.15) is 6.07 Å². The van der Waals surface area contributed by atoms with Crippen LogP contribution in [0.4, 0.5) is 5.69 Å². The number of hydrogen-bond acceptors (Lipinski definition) is 1. The molecule has 4 aromatic heterocycles. The molecule has 0 aliphatic rings. The molecule has 14 aromatic rings. The van der Waals surface area contributed by atoms with Gasteiger partial charge in [-0.1, -0.05) is 146 Å². The second kappa shape index (κ2) is 14.4. The van der Waals surface area contributed by atoms with Gasteiger partial charge >= 0.3 is 0 Å². The molecule has 0 amide bonds. The van der Waals surface area contributed by atoms with E-state index >= 15 is 0 Å². The summed E-state index contributed by atoms with van der Waals surface area (Å²) in [4.78, 5) is 4.38. The quantitative estimate of drug-likeness (QED) is 0.159. The largest absolute Gasteiger partial charge is 0.319 e. The monoisotopic (exact) mass is 864 g/mol. The van der Waals surface area contributed by atoms with Gasteiger partial charge in [-0.3, -0.25) is 0 Å². The molecule has 68 heavy (non-hydrogen) atoms. The maximum atomic E-state index is 11.5. The fourth-order valence-electron chi connectivity index (χ4n) is 11.2. The highest BCUT2D eigenvalue weighted by molar-refractivity contribution is 6.14. The molecule has 4 heterocycles. The van der Waals surface area contributed by atoms with E-state index in [0.717, 1.165) is 121 Å². The molecule has 314 valence electrons.